The minimum absolute atomic E-state index is 0.261. The molecule has 1 saturated heterocycles. The standard InChI is InChI=1S/C16H24N2OS/c19-16(18-11-6-1-2-7-12-18)14-17-10-13-20-15-8-4-3-5-9-15/h3-5,8-9,17H,1-2,6-7,10-14H2. The number of thioether (sulfide) groups is 1. The SMILES string of the molecule is O=C(CNCCSc1ccccc1)N1CCCCCC1. The lowest BCUT2D eigenvalue weighted by Gasteiger charge is -2.20. The number of carbonyl (C=O) groups excluding carboxylic acids is 1. The molecule has 0 spiro atoms. The fourth-order valence-electron chi connectivity index (χ4n) is 2.38. The third-order valence-corrected chi connectivity index (χ3v) is 4.54. The second-order valence-electron chi connectivity index (χ2n) is 5.13. The van der Waals surface area contributed by atoms with Crippen LogP contribution in [0.4, 0.5) is 0 Å². The third-order valence-electron chi connectivity index (χ3n) is 3.53. The molecule has 0 unspecified atom stereocenters. The number of likely N-dealkylation sites (tertiary alicyclic amines) is 1. The van der Waals surface area contributed by atoms with E-state index in [9.17, 15) is 4.79 Å². The zero-order valence-corrected chi connectivity index (χ0v) is 12.8. The van der Waals surface area contributed by atoms with Crippen LogP contribution in [0.2, 0.25) is 0 Å². The molecule has 0 aromatic heterocycles. The molecular weight excluding hydrogens is 268 g/mol. The Kier molecular flexibility index (Phi) is 6.95. The number of amides is 1. The summed E-state index contributed by atoms with van der Waals surface area (Å²) in [6.07, 6.45) is 4.86. The highest BCUT2D eigenvalue weighted by atomic mass is 32.2. The van der Waals surface area contributed by atoms with Crippen molar-refractivity contribution in [1.82, 2.24) is 10.2 Å². The first-order chi connectivity index (χ1) is 9.86. The first kappa shape index (κ1) is 15.4. The largest absolute Gasteiger partial charge is 0.342 e. The van der Waals surface area contributed by atoms with Crippen LogP contribution in [0.1, 0.15) is 25.7 Å². The summed E-state index contributed by atoms with van der Waals surface area (Å²) >= 11 is 1.82. The van der Waals surface area contributed by atoms with E-state index in [0.29, 0.717) is 6.54 Å². The van der Waals surface area contributed by atoms with Crippen LogP contribution in [0.25, 0.3) is 0 Å². The maximum absolute atomic E-state index is 12.0. The van der Waals surface area contributed by atoms with Crippen molar-refractivity contribution in [3.05, 3.63) is 30.3 Å². The highest BCUT2D eigenvalue weighted by molar-refractivity contribution is 7.99. The van der Waals surface area contributed by atoms with E-state index in [1.807, 2.05) is 22.7 Å². The van der Waals surface area contributed by atoms with E-state index in [2.05, 4.69) is 29.6 Å². The van der Waals surface area contributed by atoms with Gasteiger partial charge in [-0.15, -0.1) is 11.8 Å². The van der Waals surface area contributed by atoms with Gasteiger partial charge in [0.1, 0.15) is 0 Å². The Balaban J connectivity index is 1.57. The summed E-state index contributed by atoms with van der Waals surface area (Å²) in [5, 5.41) is 3.26. The van der Waals surface area contributed by atoms with Crippen LogP contribution in [0.5, 0.6) is 0 Å². The predicted octanol–water partition coefficient (Wildman–Crippen LogP) is 2.77. The zero-order chi connectivity index (χ0) is 14.0. The number of nitrogens with zero attached hydrogens (tertiary/aromatic N) is 1. The molecule has 0 atom stereocenters. The van der Waals surface area contributed by atoms with Crippen molar-refractivity contribution in [3.63, 3.8) is 0 Å². The maximum Gasteiger partial charge on any atom is 0.236 e. The highest BCUT2D eigenvalue weighted by Crippen LogP contribution is 2.15. The van der Waals surface area contributed by atoms with Gasteiger partial charge in [0.2, 0.25) is 5.91 Å². The Morgan fingerprint density at radius 1 is 1.10 bits per heavy atom. The minimum Gasteiger partial charge on any atom is -0.342 e. The summed E-state index contributed by atoms with van der Waals surface area (Å²) in [5.41, 5.74) is 0. The average molecular weight is 292 g/mol. The van der Waals surface area contributed by atoms with E-state index in [1.165, 1.54) is 17.7 Å². The number of hydrogen-bond donors (Lipinski definition) is 1. The molecule has 110 valence electrons. The Morgan fingerprint density at radius 2 is 1.80 bits per heavy atom. The van der Waals surface area contributed by atoms with Crippen LogP contribution in [0.15, 0.2) is 35.2 Å². The molecule has 2 rings (SSSR count). The smallest absolute Gasteiger partial charge is 0.236 e. The van der Waals surface area contributed by atoms with E-state index in [1.54, 1.807) is 0 Å². The van der Waals surface area contributed by atoms with Crippen molar-refractivity contribution in [2.24, 2.45) is 0 Å². The van der Waals surface area contributed by atoms with Crippen molar-refractivity contribution in [2.45, 2.75) is 30.6 Å². The second-order valence-corrected chi connectivity index (χ2v) is 6.30. The molecule has 0 aliphatic carbocycles. The lowest BCUT2D eigenvalue weighted by molar-refractivity contribution is -0.130. The Morgan fingerprint density at radius 3 is 2.50 bits per heavy atom. The fraction of sp³-hybridized carbons (Fsp3) is 0.562. The van der Waals surface area contributed by atoms with Gasteiger partial charge in [0.25, 0.3) is 0 Å². The van der Waals surface area contributed by atoms with Crippen LogP contribution >= 0.6 is 11.8 Å². The molecule has 3 nitrogen and oxygen atoms in total. The molecule has 1 fully saturated rings. The van der Waals surface area contributed by atoms with Crippen LogP contribution in [0, 0.1) is 0 Å². The third kappa shape index (κ3) is 5.55. The molecule has 0 radical (unpaired) electrons. The van der Waals surface area contributed by atoms with Gasteiger partial charge in [0, 0.05) is 30.3 Å². The molecular formula is C16H24N2OS. The average Bonchev–Trinajstić information content (AvgIpc) is 2.77. The zero-order valence-electron chi connectivity index (χ0n) is 12.0. The van der Waals surface area contributed by atoms with Crippen molar-refractivity contribution in [2.75, 3.05) is 31.9 Å². The Labute approximate surface area is 126 Å². The van der Waals surface area contributed by atoms with Crippen LogP contribution in [0.3, 0.4) is 0 Å². The summed E-state index contributed by atoms with van der Waals surface area (Å²) in [6, 6.07) is 10.4. The van der Waals surface area contributed by atoms with Gasteiger partial charge in [0.15, 0.2) is 0 Å². The van der Waals surface area contributed by atoms with Gasteiger partial charge >= 0.3 is 0 Å². The maximum atomic E-state index is 12.0. The molecule has 20 heavy (non-hydrogen) atoms. The molecule has 1 aromatic carbocycles. The fourth-order valence-corrected chi connectivity index (χ4v) is 3.22. The summed E-state index contributed by atoms with van der Waals surface area (Å²) in [5.74, 6) is 1.26. The summed E-state index contributed by atoms with van der Waals surface area (Å²) in [7, 11) is 0. The minimum atomic E-state index is 0.261. The van der Waals surface area contributed by atoms with Crippen molar-refractivity contribution in [1.29, 1.82) is 0 Å². The topological polar surface area (TPSA) is 32.3 Å². The molecule has 1 amide bonds. The van der Waals surface area contributed by atoms with Crippen molar-refractivity contribution < 1.29 is 4.79 Å². The van der Waals surface area contributed by atoms with E-state index in [-0.39, 0.29) is 5.91 Å². The molecule has 1 aromatic rings. The molecule has 1 heterocycles. The van der Waals surface area contributed by atoms with Gasteiger partial charge in [-0.25, -0.2) is 0 Å². The van der Waals surface area contributed by atoms with Gasteiger partial charge in [-0.05, 0) is 25.0 Å². The normalized spacial score (nSPS) is 15.9. The predicted molar refractivity (Wildman–Crippen MR) is 85.1 cm³/mol. The summed E-state index contributed by atoms with van der Waals surface area (Å²) in [6.45, 7) is 3.24. The Bertz CT molecular complexity index is 389. The van der Waals surface area contributed by atoms with Gasteiger partial charge in [-0.1, -0.05) is 31.0 Å². The monoisotopic (exact) mass is 292 g/mol. The molecule has 0 bridgehead atoms. The van der Waals surface area contributed by atoms with E-state index in [4.69, 9.17) is 0 Å². The van der Waals surface area contributed by atoms with Gasteiger partial charge in [0.05, 0.1) is 6.54 Å². The number of rotatable bonds is 6. The molecule has 1 aliphatic rings. The molecule has 4 heteroatoms. The van der Waals surface area contributed by atoms with E-state index < -0.39 is 0 Å². The number of carbonyl (C=O) groups is 1. The quantitative estimate of drug-likeness (QED) is 0.646. The Hall–Kier alpha value is -1.00. The van der Waals surface area contributed by atoms with Gasteiger partial charge in [-0.2, -0.15) is 0 Å². The first-order valence-corrected chi connectivity index (χ1v) is 8.51. The lowest BCUT2D eigenvalue weighted by Crippen LogP contribution is -2.39. The first-order valence-electron chi connectivity index (χ1n) is 7.52. The van der Waals surface area contributed by atoms with E-state index in [0.717, 1.165) is 38.2 Å². The molecule has 0 saturated carbocycles. The number of nitrogens with one attached hydrogen (secondary N) is 1. The summed E-state index contributed by atoms with van der Waals surface area (Å²) < 4.78 is 0. The van der Waals surface area contributed by atoms with Gasteiger partial charge in [-0.3, -0.25) is 4.79 Å². The van der Waals surface area contributed by atoms with Crippen molar-refractivity contribution >= 4 is 17.7 Å². The number of hydrogen-bond acceptors (Lipinski definition) is 3. The van der Waals surface area contributed by atoms with Crippen LogP contribution in [-0.2, 0) is 4.79 Å². The molecule has 1 N–H and O–H groups in total. The second kappa shape index (κ2) is 9.03. The van der Waals surface area contributed by atoms with Crippen LogP contribution in [-0.4, -0.2) is 42.7 Å². The van der Waals surface area contributed by atoms with E-state index >= 15 is 0 Å². The summed E-state index contributed by atoms with van der Waals surface area (Å²) in [4.78, 5) is 15.3. The number of benzene rings is 1. The van der Waals surface area contributed by atoms with Gasteiger partial charge < -0.3 is 10.2 Å². The van der Waals surface area contributed by atoms with Crippen LogP contribution < -0.4 is 5.32 Å². The lowest BCUT2D eigenvalue weighted by atomic mass is 10.2. The van der Waals surface area contributed by atoms with Crippen molar-refractivity contribution in [3.8, 4) is 0 Å². The molecule has 1 aliphatic heterocycles. The highest BCUT2D eigenvalue weighted by Gasteiger charge is 2.14.